The summed E-state index contributed by atoms with van der Waals surface area (Å²) >= 11 is 0. The van der Waals surface area contributed by atoms with Gasteiger partial charge in [0.15, 0.2) is 0 Å². The van der Waals surface area contributed by atoms with Gasteiger partial charge in [-0.15, -0.1) is 0 Å². The highest BCUT2D eigenvalue weighted by Crippen LogP contribution is 2.34. The lowest BCUT2D eigenvalue weighted by Crippen LogP contribution is -2.13. The smallest absolute Gasteiger partial charge is 0.130 e. The quantitative estimate of drug-likeness (QED) is 0.736. The molecule has 0 N–H and O–H groups in total. The molecule has 0 aliphatic carbocycles. The molecule has 0 unspecified atom stereocenters. The maximum atomic E-state index is 5.42. The molecular formula is C13H18N2O. The van der Waals surface area contributed by atoms with Crippen LogP contribution in [0.3, 0.4) is 0 Å². The van der Waals surface area contributed by atoms with E-state index < -0.39 is 0 Å². The van der Waals surface area contributed by atoms with E-state index in [4.69, 9.17) is 4.74 Å². The van der Waals surface area contributed by atoms with Crippen molar-refractivity contribution < 1.29 is 4.74 Å². The number of hydrogen-bond acceptors (Lipinski definition) is 2. The maximum Gasteiger partial charge on any atom is 0.130 e. The van der Waals surface area contributed by atoms with E-state index in [9.17, 15) is 0 Å². The Labute approximate surface area is 96.0 Å². The number of methoxy groups -OCH3 is 1. The summed E-state index contributed by atoms with van der Waals surface area (Å²) < 4.78 is 7.34. The SMILES string of the molecule is COc1cccc2c1c(C(C)(C)C)nn2C. The Morgan fingerprint density at radius 2 is 1.94 bits per heavy atom. The molecule has 0 saturated heterocycles. The van der Waals surface area contributed by atoms with Crippen LogP contribution in [0.5, 0.6) is 5.75 Å². The Morgan fingerprint density at radius 1 is 1.25 bits per heavy atom. The van der Waals surface area contributed by atoms with E-state index in [1.165, 1.54) is 0 Å². The average molecular weight is 218 g/mol. The van der Waals surface area contributed by atoms with Crippen molar-refractivity contribution >= 4 is 10.9 Å². The summed E-state index contributed by atoms with van der Waals surface area (Å²) in [5.74, 6) is 0.899. The van der Waals surface area contributed by atoms with Gasteiger partial charge in [-0.25, -0.2) is 0 Å². The highest BCUT2D eigenvalue weighted by molar-refractivity contribution is 5.89. The molecule has 3 heteroatoms. The van der Waals surface area contributed by atoms with Crippen molar-refractivity contribution in [3.05, 3.63) is 23.9 Å². The number of nitrogens with zero attached hydrogens (tertiary/aromatic N) is 2. The van der Waals surface area contributed by atoms with Crippen LogP contribution < -0.4 is 4.74 Å². The number of rotatable bonds is 1. The molecule has 0 aliphatic rings. The fraction of sp³-hybridized carbons (Fsp3) is 0.462. The van der Waals surface area contributed by atoms with Crippen molar-refractivity contribution in [2.75, 3.05) is 7.11 Å². The minimum absolute atomic E-state index is 0.0220. The molecule has 0 fully saturated rings. The molecule has 1 aromatic carbocycles. The lowest BCUT2D eigenvalue weighted by Gasteiger charge is -2.16. The van der Waals surface area contributed by atoms with Crippen LogP contribution in [-0.2, 0) is 12.5 Å². The zero-order valence-corrected chi connectivity index (χ0v) is 10.5. The van der Waals surface area contributed by atoms with Crippen molar-refractivity contribution in [2.45, 2.75) is 26.2 Å². The van der Waals surface area contributed by atoms with Gasteiger partial charge in [0.05, 0.1) is 23.7 Å². The van der Waals surface area contributed by atoms with E-state index >= 15 is 0 Å². The van der Waals surface area contributed by atoms with Gasteiger partial charge in [-0.05, 0) is 12.1 Å². The van der Waals surface area contributed by atoms with Gasteiger partial charge in [-0.3, -0.25) is 4.68 Å². The Hall–Kier alpha value is -1.51. The second-order valence-corrected chi connectivity index (χ2v) is 5.08. The van der Waals surface area contributed by atoms with Crippen LogP contribution in [0.1, 0.15) is 26.5 Å². The third-order valence-corrected chi connectivity index (χ3v) is 2.77. The summed E-state index contributed by atoms with van der Waals surface area (Å²) in [5, 5.41) is 5.73. The summed E-state index contributed by atoms with van der Waals surface area (Å²) in [4.78, 5) is 0. The largest absolute Gasteiger partial charge is 0.496 e. The molecule has 0 bridgehead atoms. The molecule has 1 aromatic heterocycles. The van der Waals surface area contributed by atoms with Crippen molar-refractivity contribution in [1.29, 1.82) is 0 Å². The summed E-state index contributed by atoms with van der Waals surface area (Å²) in [6, 6.07) is 6.05. The summed E-state index contributed by atoms with van der Waals surface area (Å²) in [6.07, 6.45) is 0. The fourth-order valence-corrected chi connectivity index (χ4v) is 1.98. The molecule has 0 spiro atoms. The predicted molar refractivity (Wildman–Crippen MR) is 66.0 cm³/mol. The minimum Gasteiger partial charge on any atom is -0.496 e. The number of hydrogen-bond donors (Lipinski definition) is 0. The normalized spacial score (nSPS) is 12.1. The second-order valence-electron chi connectivity index (χ2n) is 5.08. The molecule has 1 heterocycles. The summed E-state index contributed by atoms with van der Waals surface area (Å²) in [5.41, 5.74) is 2.22. The molecule has 0 radical (unpaired) electrons. The predicted octanol–water partition coefficient (Wildman–Crippen LogP) is 2.88. The number of aromatic nitrogens is 2. The van der Waals surface area contributed by atoms with Gasteiger partial charge in [-0.1, -0.05) is 26.8 Å². The van der Waals surface area contributed by atoms with Crippen molar-refractivity contribution in [2.24, 2.45) is 7.05 Å². The molecule has 2 rings (SSSR count). The first-order valence-electron chi connectivity index (χ1n) is 5.45. The van der Waals surface area contributed by atoms with Crippen LogP contribution in [0.2, 0.25) is 0 Å². The second kappa shape index (κ2) is 3.51. The Morgan fingerprint density at radius 3 is 2.50 bits per heavy atom. The van der Waals surface area contributed by atoms with E-state index in [1.807, 2.05) is 23.9 Å². The third kappa shape index (κ3) is 1.56. The average Bonchev–Trinajstić information content (AvgIpc) is 2.56. The Balaban J connectivity index is 2.85. The summed E-state index contributed by atoms with van der Waals surface area (Å²) in [6.45, 7) is 6.50. The first-order chi connectivity index (χ1) is 7.45. The molecule has 0 saturated carbocycles. The molecule has 86 valence electrons. The van der Waals surface area contributed by atoms with Crippen molar-refractivity contribution in [3.8, 4) is 5.75 Å². The Kier molecular flexibility index (Phi) is 2.41. The van der Waals surface area contributed by atoms with Crippen LogP contribution >= 0.6 is 0 Å². The van der Waals surface area contributed by atoms with Gasteiger partial charge >= 0.3 is 0 Å². The minimum atomic E-state index is 0.0220. The van der Waals surface area contributed by atoms with Crippen molar-refractivity contribution in [1.82, 2.24) is 9.78 Å². The van der Waals surface area contributed by atoms with Gasteiger partial charge in [0.2, 0.25) is 0 Å². The molecule has 0 atom stereocenters. The Bertz CT molecular complexity index is 520. The maximum absolute atomic E-state index is 5.42. The summed E-state index contributed by atoms with van der Waals surface area (Å²) in [7, 11) is 3.67. The molecular weight excluding hydrogens is 200 g/mol. The standard InChI is InChI=1S/C13H18N2O/c1-13(2,3)12-11-9(15(4)14-12)7-6-8-10(11)16-5/h6-8H,1-5H3. The zero-order chi connectivity index (χ0) is 11.9. The number of ether oxygens (including phenoxy) is 1. The lowest BCUT2D eigenvalue weighted by atomic mass is 9.90. The van der Waals surface area contributed by atoms with Gasteiger partial charge in [-0.2, -0.15) is 5.10 Å². The van der Waals surface area contributed by atoms with E-state index in [0.29, 0.717) is 0 Å². The van der Waals surface area contributed by atoms with Crippen LogP contribution in [0, 0.1) is 0 Å². The molecule has 0 amide bonds. The highest BCUT2D eigenvalue weighted by Gasteiger charge is 2.23. The lowest BCUT2D eigenvalue weighted by molar-refractivity contribution is 0.418. The molecule has 0 aliphatic heterocycles. The fourth-order valence-electron chi connectivity index (χ4n) is 1.98. The zero-order valence-electron chi connectivity index (χ0n) is 10.5. The molecule has 3 nitrogen and oxygen atoms in total. The van der Waals surface area contributed by atoms with Crippen LogP contribution in [0.25, 0.3) is 10.9 Å². The van der Waals surface area contributed by atoms with Gasteiger partial charge in [0, 0.05) is 12.5 Å². The van der Waals surface area contributed by atoms with Crippen molar-refractivity contribution in [3.63, 3.8) is 0 Å². The first kappa shape index (κ1) is 11.0. The molecule has 16 heavy (non-hydrogen) atoms. The third-order valence-electron chi connectivity index (χ3n) is 2.77. The number of aryl methyl sites for hydroxylation is 1. The van der Waals surface area contributed by atoms with E-state index in [-0.39, 0.29) is 5.41 Å². The highest BCUT2D eigenvalue weighted by atomic mass is 16.5. The van der Waals surface area contributed by atoms with Crippen LogP contribution in [0.15, 0.2) is 18.2 Å². The first-order valence-corrected chi connectivity index (χ1v) is 5.45. The number of fused-ring (bicyclic) bond motifs is 1. The van der Waals surface area contributed by atoms with E-state index in [1.54, 1.807) is 7.11 Å². The van der Waals surface area contributed by atoms with Crippen LogP contribution in [-0.4, -0.2) is 16.9 Å². The van der Waals surface area contributed by atoms with E-state index in [0.717, 1.165) is 22.3 Å². The monoisotopic (exact) mass is 218 g/mol. The van der Waals surface area contributed by atoms with Gasteiger partial charge in [0.1, 0.15) is 5.75 Å². The van der Waals surface area contributed by atoms with Gasteiger partial charge in [0.25, 0.3) is 0 Å². The van der Waals surface area contributed by atoms with Crippen LogP contribution in [0.4, 0.5) is 0 Å². The topological polar surface area (TPSA) is 27.1 Å². The number of benzene rings is 1. The molecule has 2 aromatic rings. The van der Waals surface area contributed by atoms with E-state index in [2.05, 4.69) is 31.9 Å². The van der Waals surface area contributed by atoms with Gasteiger partial charge < -0.3 is 4.74 Å².